The Morgan fingerprint density at radius 1 is 1.19 bits per heavy atom. The first-order valence-corrected chi connectivity index (χ1v) is 9.11. The summed E-state index contributed by atoms with van der Waals surface area (Å²) in [6.07, 6.45) is 1.81. The highest BCUT2D eigenvalue weighted by Gasteiger charge is 2.18. The molecule has 1 aromatic carbocycles. The van der Waals surface area contributed by atoms with Crippen molar-refractivity contribution in [3.63, 3.8) is 0 Å². The Labute approximate surface area is 159 Å². The Morgan fingerprint density at radius 3 is 2.50 bits per heavy atom. The summed E-state index contributed by atoms with van der Waals surface area (Å²) in [5.41, 5.74) is 1.73. The van der Waals surface area contributed by atoms with Gasteiger partial charge in [-0.1, -0.05) is 25.4 Å². The summed E-state index contributed by atoms with van der Waals surface area (Å²) >= 11 is 6.07. The lowest BCUT2D eigenvalue weighted by Crippen LogP contribution is -2.33. The van der Waals surface area contributed by atoms with Gasteiger partial charge in [0, 0.05) is 23.8 Å². The van der Waals surface area contributed by atoms with Gasteiger partial charge in [-0.3, -0.25) is 4.79 Å². The molecule has 1 heterocycles. The maximum atomic E-state index is 12.8. The second kappa shape index (κ2) is 9.38. The van der Waals surface area contributed by atoms with Crippen LogP contribution in [0, 0.1) is 6.92 Å². The van der Waals surface area contributed by atoms with Crippen LogP contribution in [0.25, 0.3) is 0 Å². The lowest BCUT2D eigenvalue weighted by molar-refractivity contribution is 0.0749. The van der Waals surface area contributed by atoms with E-state index in [1.807, 2.05) is 11.8 Å². The summed E-state index contributed by atoms with van der Waals surface area (Å²) < 4.78 is 5.33. The number of anilines is 2. The quantitative estimate of drug-likeness (QED) is 0.737. The van der Waals surface area contributed by atoms with Crippen LogP contribution in [0.2, 0.25) is 5.02 Å². The van der Waals surface area contributed by atoms with E-state index >= 15 is 0 Å². The number of hydrogen-bond acceptors (Lipinski definition) is 5. The molecule has 0 bridgehead atoms. The summed E-state index contributed by atoms with van der Waals surface area (Å²) in [5, 5.41) is 3.67. The standard InChI is InChI=1S/C19H25ClN4O2/c1-5-9-24(10-6-2)18(25)16-11-13(3)21-19(23-16)22-15-12-14(20)7-8-17(15)26-4/h7-8,11-12H,5-6,9-10H2,1-4H3,(H,21,22,23). The number of nitrogens with one attached hydrogen (secondary N) is 1. The summed E-state index contributed by atoms with van der Waals surface area (Å²) in [6.45, 7) is 7.36. The molecule has 1 aromatic heterocycles. The first-order chi connectivity index (χ1) is 12.5. The fraction of sp³-hybridized carbons (Fsp3) is 0.421. The molecular weight excluding hydrogens is 352 g/mol. The largest absolute Gasteiger partial charge is 0.495 e. The molecule has 6 nitrogen and oxygen atoms in total. The topological polar surface area (TPSA) is 67.4 Å². The number of methoxy groups -OCH3 is 1. The first kappa shape index (κ1) is 20.0. The Bertz CT molecular complexity index is 761. The van der Waals surface area contributed by atoms with Gasteiger partial charge < -0.3 is 15.0 Å². The Balaban J connectivity index is 2.32. The van der Waals surface area contributed by atoms with Crippen molar-refractivity contribution < 1.29 is 9.53 Å². The van der Waals surface area contributed by atoms with Gasteiger partial charge in [-0.05, 0) is 44.0 Å². The summed E-state index contributed by atoms with van der Waals surface area (Å²) in [5.74, 6) is 0.869. The Morgan fingerprint density at radius 2 is 1.88 bits per heavy atom. The van der Waals surface area contributed by atoms with Crippen molar-refractivity contribution in [2.24, 2.45) is 0 Å². The number of carbonyl (C=O) groups excluding carboxylic acids is 1. The molecule has 0 atom stereocenters. The van der Waals surface area contributed by atoms with Crippen LogP contribution < -0.4 is 10.1 Å². The summed E-state index contributed by atoms with van der Waals surface area (Å²) in [4.78, 5) is 23.4. The Hall–Kier alpha value is -2.34. The number of amides is 1. The molecule has 0 spiro atoms. The number of halogens is 1. The van der Waals surface area contributed by atoms with Crippen LogP contribution in [0.5, 0.6) is 5.75 Å². The predicted octanol–water partition coefficient (Wildman–Crippen LogP) is 4.45. The van der Waals surface area contributed by atoms with E-state index in [9.17, 15) is 4.79 Å². The molecule has 1 N–H and O–H groups in total. The molecule has 140 valence electrons. The fourth-order valence-corrected chi connectivity index (χ4v) is 2.82. The van der Waals surface area contributed by atoms with Crippen molar-refractivity contribution in [2.75, 3.05) is 25.5 Å². The molecule has 7 heteroatoms. The minimum atomic E-state index is -0.0830. The lowest BCUT2D eigenvalue weighted by atomic mass is 10.2. The first-order valence-electron chi connectivity index (χ1n) is 8.74. The third-order valence-electron chi connectivity index (χ3n) is 3.76. The van der Waals surface area contributed by atoms with Crippen molar-refractivity contribution in [3.8, 4) is 5.75 Å². The smallest absolute Gasteiger partial charge is 0.272 e. The second-order valence-electron chi connectivity index (χ2n) is 5.98. The van der Waals surface area contributed by atoms with Crippen LogP contribution >= 0.6 is 11.6 Å². The molecule has 0 aliphatic carbocycles. The molecule has 0 saturated heterocycles. The van der Waals surface area contributed by atoms with E-state index in [-0.39, 0.29) is 5.91 Å². The number of carbonyl (C=O) groups is 1. The zero-order valence-corrected chi connectivity index (χ0v) is 16.4. The van der Waals surface area contributed by atoms with Crippen molar-refractivity contribution in [1.29, 1.82) is 0 Å². The van der Waals surface area contributed by atoms with Crippen molar-refractivity contribution in [2.45, 2.75) is 33.6 Å². The maximum absolute atomic E-state index is 12.8. The van der Waals surface area contributed by atoms with E-state index in [0.29, 0.717) is 46.9 Å². The number of aromatic nitrogens is 2. The molecule has 2 rings (SSSR count). The summed E-state index contributed by atoms with van der Waals surface area (Å²) in [6, 6.07) is 6.94. The van der Waals surface area contributed by atoms with Crippen molar-refractivity contribution in [3.05, 3.63) is 40.7 Å². The van der Waals surface area contributed by atoms with Gasteiger partial charge in [0.1, 0.15) is 11.4 Å². The van der Waals surface area contributed by atoms with E-state index in [1.54, 1.807) is 31.4 Å². The molecular formula is C19H25ClN4O2. The molecule has 0 unspecified atom stereocenters. The van der Waals surface area contributed by atoms with Gasteiger partial charge in [-0.2, -0.15) is 0 Å². The van der Waals surface area contributed by atoms with Gasteiger partial charge in [-0.15, -0.1) is 0 Å². The van der Waals surface area contributed by atoms with Crippen LogP contribution in [-0.4, -0.2) is 41.0 Å². The molecule has 0 radical (unpaired) electrons. The number of aryl methyl sites for hydroxylation is 1. The number of benzene rings is 1. The van der Waals surface area contributed by atoms with Gasteiger partial charge in [0.25, 0.3) is 5.91 Å². The van der Waals surface area contributed by atoms with E-state index in [4.69, 9.17) is 16.3 Å². The highest BCUT2D eigenvalue weighted by Crippen LogP contribution is 2.29. The van der Waals surface area contributed by atoms with E-state index in [0.717, 1.165) is 12.8 Å². The van der Waals surface area contributed by atoms with Gasteiger partial charge in [0.15, 0.2) is 0 Å². The van der Waals surface area contributed by atoms with Crippen molar-refractivity contribution >= 4 is 29.1 Å². The molecule has 1 amide bonds. The number of rotatable bonds is 8. The highest BCUT2D eigenvalue weighted by atomic mass is 35.5. The van der Waals surface area contributed by atoms with Gasteiger partial charge in [0.2, 0.25) is 5.95 Å². The third-order valence-corrected chi connectivity index (χ3v) is 3.99. The van der Waals surface area contributed by atoms with E-state index < -0.39 is 0 Å². The number of hydrogen-bond donors (Lipinski definition) is 1. The van der Waals surface area contributed by atoms with Crippen LogP contribution in [0.4, 0.5) is 11.6 Å². The van der Waals surface area contributed by atoms with Gasteiger partial charge in [0.05, 0.1) is 12.8 Å². The number of ether oxygens (including phenoxy) is 1. The molecule has 0 fully saturated rings. The zero-order valence-electron chi connectivity index (χ0n) is 15.7. The van der Waals surface area contributed by atoms with Crippen LogP contribution in [0.15, 0.2) is 24.3 Å². The molecule has 0 aliphatic heterocycles. The lowest BCUT2D eigenvalue weighted by Gasteiger charge is -2.21. The molecule has 0 aliphatic rings. The van der Waals surface area contributed by atoms with Crippen molar-refractivity contribution in [1.82, 2.24) is 14.9 Å². The van der Waals surface area contributed by atoms with Crippen LogP contribution in [0.3, 0.4) is 0 Å². The van der Waals surface area contributed by atoms with E-state index in [2.05, 4.69) is 29.1 Å². The minimum absolute atomic E-state index is 0.0830. The number of nitrogens with zero attached hydrogens (tertiary/aromatic N) is 3. The molecule has 26 heavy (non-hydrogen) atoms. The average Bonchev–Trinajstić information content (AvgIpc) is 2.60. The SMILES string of the molecule is CCCN(CCC)C(=O)c1cc(C)nc(Nc2cc(Cl)ccc2OC)n1. The normalized spacial score (nSPS) is 10.5. The molecule has 2 aromatic rings. The second-order valence-corrected chi connectivity index (χ2v) is 6.42. The maximum Gasteiger partial charge on any atom is 0.272 e. The highest BCUT2D eigenvalue weighted by molar-refractivity contribution is 6.31. The third kappa shape index (κ3) is 5.08. The predicted molar refractivity (Wildman–Crippen MR) is 105 cm³/mol. The fourth-order valence-electron chi connectivity index (χ4n) is 2.65. The Kier molecular flexibility index (Phi) is 7.21. The van der Waals surface area contributed by atoms with Gasteiger partial charge >= 0.3 is 0 Å². The van der Waals surface area contributed by atoms with E-state index in [1.165, 1.54) is 0 Å². The summed E-state index contributed by atoms with van der Waals surface area (Å²) in [7, 11) is 1.58. The van der Waals surface area contributed by atoms with Crippen LogP contribution in [-0.2, 0) is 0 Å². The average molecular weight is 377 g/mol. The minimum Gasteiger partial charge on any atom is -0.495 e. The van der Waals surface area contributed by atoms with Gasteiger partial charge in [-0.25, -0.2) is 9.97 Å². The monoisotopic (exact) mass is 376 g/mol. The zero-order chi connectivity index (χ0) is 19.1. The molecule has 0 saturated carbocycles. The van der Waals surface area contributed by atoms with Crippen LogP contribution in [0.1, 0.15) is 42.9 Å².